The van der Waals surface area contributed by atoms with Gasteiger partial charge < -0.3 is 25.8 Å². The van der Waals surface area contributed by atoms with E-state index in [0.717, 1.165) is 0 Å². The molecule has 1 amide bonds. The Balaban J connectivity index is 2.45. The molecular weight excluding hydrogens is 268 g/mol. The van der Waals surface area contributed by atoms with Crippen LogP contribution in [-0.2, 0) is 9.47 Å². The van der Waals surface area contributed by atoms with Crippen LogP contribution in [0.5, 0.6) is 0 Å². The first kappa shape index (κ1) is 15.7. The van der Waals surface area contributed by atoms with Gasteiger partial charge in [-0.2, -0.15) is 0 Å². The summed E-state index contributed by atoms with van der Waals surface area (Å²) in [5.74, 6) is 0.00770. The molecule has 1 rings (SSSR count). The van der Waals surface area contributed by atoms with Crippen molar-refractivity contribution in [1.29, 1.82) is 0 Å². The number of aromatic nitrogens is 1. The second-order valence-electron chi connectivity index (χ2n) is 3.61. The minimum absolute atomic E-state index is 0.227. The van der Waals surface area contributed by atoms with Crippen LogP contribution in [0.15, 0.2) is 0 Å². The number of nitrogens with zero attached hydrogens (tertiary/aromatic N) is 1. The Morgan fingerprint density at radius 1 is 1.42 bits per heavy atom. The number of hydrogen-bond acceptors (Lipinski definition) is 7. The Kier molecular flexibility index (Phi) is 7.16. The lowest BCUT2D eigenvalue weighted by molar-refractivity contribution is 0.0927. The molecule has 0 aromatic carbocycles. The molecule has 0 fully saturated rings. The van der Waals surface area contributed by atoms with Gasteiger partial charge in [-0.05, 0) is 6.92 Å². The molecule has 0 saturated carbocycles. The van der Waals surface area contributed by atoms with Gasteiger partial charge in [0.05, 0.1) is 13.2 Å². The number of methoxy groups -OCH3 is 1. The third-order valence-electron chi connectivity index (χ3n) is 2.18. The van der Waals surface area contributed by atoms with Gasteiger partial charge in [0.2, 0.25) is 0 Å². The largest absolute Gasteiger partial charge is 0.383 e. The number of ether oxygens (including phenoxy) is 2. The third-order valence-corrected chi connectivity index (χ3v) is 3.21. The molecule has 19 heavy (non-hydrogen) atoms. The Labute approximate surface area is 116 Å². The fraction of sp³-hybridized carbons (Fsp3) is 0.636. The number of anilines is 2. The van der Waals surface area contributed by atoms with Crippen molar-refractivity contribution in [1.82, 2.24) is 10.3 Å². The van der Waals surface area contributed by atoms with Gasteiger partial charge in [0.25, 0.3) is 5.91 Å². The molecule has 0 unspecified atom stereocenters. The molecule has 7 nitrogen and oxygen atoms in total. The van der Waals surface area contributed by atoms with Crippen molar-refractivity contribution < 1.29 is 14.3 Å². The van der Waals surface area contributed by atoms with Crippen molar-refractivity contribution in [2.45, 2.75) is 6.92 Å². The highest BCUT2D eigenvalue weighted by atomic mass is 32.1. The van der Waals surface area contributed by atoms with E-state index in [2.05, 4.69) is 15.6 Å². The molecule has 1 aromatic rings. The normalized spacial score (nSPS) is 10.4. The van der Waals surface area contributed by atoms with Crippen LogP contribution in [0.1, 0.15) is 16.6 Å². The van der Waals surface area contributed by atoms with Gasteiger partial charge in [-0.25, -0.2) is 4.98 Å². The smallest absolute Gasteiger partial charge is 0.265 e. The Morgan fingerprint density at radius 3 is 2.89 bits per heavy atom. The van der Waals surface area contributed by atoms with Gasteiger partial charge in [0.15, 0.2) is 5.13 Å². The van der Waals surface area contributed by atoms with Crippen molar-refractivity contribution in [2.75, 3.05) is 51.1 Å². The van der Waals surface area contributed by atoms with Crippen molar-refractivity contribution >= 4 is 28.2 Å². The van der Waals surface area contributed by atoms with Crippen LogP contribution < -0.4 is 16.4 Å². The number of carbonyl (C=O) groups excluding carboxylic acids is 1. The highest BCUT2D eigenvalue weighted by molar-refractivity contribution is 7.18. The summed E-state index contributed by atoms with van der Waals surface area (Å²) in [6, 6.07) is 0. The lowest BCUT2D eigenvalue weighted by Crippen LogP contribution is -2.27. The number of nitrogen functional groups attached to an aromatic ring is 1. The van der Waals surface area contributed by atoms with Gasteiger partial charge in [0, 0.05) is 26.8 Å². The number of amides is 1. The van der Waals surface area contributed by atoms with Gasteiger partial charge in [0.1, 0.15) is 10.7 Å². The van der Waals surface area contributed by atoms with Crippen molar-refractivity contribution in [3.63, 3.8) is 0 Å². The van der Waals surface area contributed by atoms with Crippen molar-refractivity contribution in [2.24, 2.45) is 0 Å². The Bertz CT molecular complexity index is 397. The zero-order valence-electron chi connectivity index (χ0n) is 11.2. The van der Waals surface area contributed by atoms with Crippen LogP contribution in [-0.4, -0.2) is 50.9 Å². The fourth-order valence-electron chi connectivity index (χ4n) is 1.29. The molecule has 0 aliphatic rings. The topological polar surface area (TPSA) is 98.5 Å². The van der Waals surface area contributed by atoms with E-state index in [9.17, 15) is 4.79 Å². The Morgan fingerprint density at radius 2 is 2.21 bits per heavy atom. The average Bonchev–Trinajstić information content (AvgIpc) is 2.76. The summed E-state index contributed by atoms with van der Waals surface area (Å²) < 4.78 is 10.1. The molecule has 0 saturated heterocycles. The zero-order chi connectivity index (χ0) is 14.1. The quantitative estimate of drug-likeness (QED) is 0.574. The lowest BCUT2D eigenvalue weighted by Gasteiger charge is -2.03. The van der Waals surface area contributed by atoms with Crippen molar-refractivity contribution in [3.05, 3.63) is 4.88 Å². The second-order valence-corrected chi connectivity index (χ2v) is 4.60. The molecular formula is C11H20N4O3S. The highest BCUT2D eigenvalue weighted by Gasteiger charge is 2.15. The van der Waals surface area contributed by atoms with Gasteiger partial charge in [-0.3, -0.25) is 4.79 Å². The van der Waals surface area contributed by atoms with Gasteiger partial charge >= 0.3 is 0 Å². The second kappa shape index (κ2) is 8.68. The van der Waals surface area contributed by atoms with E-state index in [1.54, 1.807) is 7.11 Å². The maximum atomic E-state index is 11.8. The summed E-state index contributed by atoms with van der Waals surface area (Å²) in [5.41, 5.74) is 5.71. The molecule has 0 bridgehead atoms. The van der Waals surface area contributed by atoms with E-state index in [1.807, 2.05) is 6.92 Å². The molecule has 0 spiro atoms. The van der Waals surface area contributed by atoms with E-state index >= 15 is 0 Å². The van der Waals surface area contributed by atoms with E-state index in [0.29, 0.717) is 42.9 Å². The minimum Gasteiger partial charge on any atom is -0.383 e. The SMILES string of the molecule is CCOCCNC(=O)c1sc(NCCOC)nc1N. The van der Waals surface area contributed by atoms with E-state index < -0.39 is 0 Å². The molecule has 0 atom stereocenters. The summed E-state index contributed by atoms with van der Waals surface area (Å²) in [7, 11) is 1.62. The van der Waals surface area contributed by atoms with Crippen LogP contribution in [0.2, 0.25) is 0 Å². The summed E-state index contributed by atoms with van der Waals surface area (Å²) in [6.07, 6.45) is 0. The van der Waals surface area contributed by atoms with Crippen LogP contribution in [0, 0.1) is 0 Å². The number of nitrogens with two attached hydrogens (primary N) is 1. The fourth-order valence-corrected chi connectivity index (χ4v) is 2.12. The molecule has 0 aliphatic carbocycles. The maximum Gasteiger partial charge on any atom is 0.265 e. The molecule has 108 valence electrons. The molecule has 4 N–H and O–H groups in total. The minimum atomic E-state index is -0.227. The predicted molar refractivity (Wildman–Crippen MR) is 75.7 cm³/mol. The molecule has 8 heteroatoms. The van der Waals surface area contributed by atoms with E-state index in [-0.39, 0.29) is 11.7 Å². The Hall–Kier alpha value is -1.38. The third kappa shape index (κ3) is 5.41. The number of carbonyl (C=O) groups is 1. The van der Waals surface area contributed by atoms with Crippen LogP contribution in [0.3, 0.4) is 0 Å². The lowest BCUT2D eigenvalue weighted by atomic mass is 10.4. The van der Waals surface area contributed by atoms with Gasteiger partial charge in [-0.1, -0.05) is 11.3 Å². The maximum absolute atomic E-state index is 11.8. The predicted octanol–water partition coefficient (Wildman–Crippen LogP) is 0.550. The summed E-state index contributed by atoms with van der Waals surface area (Å²) in [6.45, 7) is 4.66. The first-order chi connectivity index (χ1) is 9.19. The van der Waals surface area contributed by atoms with Crippen LogP contribution >= 0.6 is 11.3 Å². The zero-order valence-corrected chi connectivity index (χ0v) is 12.0. The summed E-state index contributed by atoms with van der Waals surface area (Å²) in [4.78, 5) is 16.3. The molecule has 1 heterocycles. The van der Waals surface area contributed by atoms with Crippen molar-refractivity contribution in [3.8, 4) is 0 Å². The molecule has 1 aromatic heterocycles. The standard InChI is InChI=1S/C11H20N4O3S/c1-3-18-7-5-13-10(16)8-9(12)15-11(19-8)14-4-6-17-2/h3-7,12H2,1-2H3,(H,13,16)(H,14,15). The average molecular weight is 288 g/mol. The summed E-state index contributed by atoms with van der Waals surface area (Å²) in [5, 5.41) is 6.38. The highest BCUT2D eigenvalue weighted by Crippen LogP contribution is 2.24. The van der Waals surface area contributed by atoms with Gasteiger partial charge in [-0.15, -0.1) is 0 Å². The number of nitrogens with one attached hydrogen (secondary N) is 2. The number of thiazole rings is 1. The number of rotatable bonds is 9. The molecule has 0 aliphatic heterocycles. The van der Waals surface area contributed by atoms with E-state index in [4.69, 9.17) is 15.2 Å². The van der Waals surface area contributed by atoms with Crippen LogP contribution in [0.4, 0.5) is 10.9 Å². The monoisotopic (exact) mass is 288 g/mol. The first-order valence-electron chi connectivity index (χ1n) is 6.04. The van der Waals surface area contributed by atoms with Crippen LogP contribution in [0.25, 0.3) is 0 Å². The summed E-state index contributed by atoms with van der Waals surface area (Å²) >= 11 is 1.23. The first-order valence-corrected chi connectivity index (χ1v) is 6.85. The van der Waals surface area contributed by atoms with E-state index in [1.165, 1.54) is 11.3 Å². The number of hydrogen-bond donors (Lipinski definition) is 3. The molecule has 0 radical (unpaired) electrons.